The summed E-state index contributed by atoms with van der Waals surface area (Å²) < 4.78 is 0. The van der Waals surface area contributed by atoms with Crippen LogP contribution >= 0.6 is 0 Å². The first-order valence-electron chi connectivity index (χ1n) is 8.53. The number of nitrogens with two attached hydrogens (primary N) is 1. The maximum absolute atomic E-state index is 12.4. The molecule has 1 fully saturated rings. The Kier molecular flexibility index (Phi) is 5.15. The number of hydrogen-bond acceptors (Lipinski definition) is 3. The third-order valence-corrected chi connectivity index (χ3v) is 4.62. The zero-order valence-corrected chi connectivity index (χ0v) is 13.7. The van der Waals surface area contributed by atoms with Crippen molar-refractivity contribution in [1.29, 1.82) is 0 Å². The first-order valence-corrected chi connectivity index (χ1v) is 8.53. The van der Waals surface area contributed by atoms with E-state index in [2.05, 4.69) is 15.6 Å². The number of carbonyl (C=O) groups is 2. The Morgan fingerprint density at radius 3 is 2.50 bits per heavy atom. The molecule has 128 valence electrons. The molecule has 0 bridgehead atoms. The van der Waals surface area contributed by atoms with Crippen molar-refractivity contribution < 1.29 is 9.59 Å². The number of H-pyrrole nitrogens is 1. The molecule has 0 unspecified atom stereocenters. The lowest BCUT2D eigenvalue weighted by atomic mass is 9.91. The molecular weight excluding hydrogens is 304 g/mol. The Bertz CT molecular complexity index is 717. The number of amides is 2. The summed E-state index contributed by atoms with van der Waals surface area (Å²) in [6.45, 7) is 0.377. The summed E-state index contributed by atoms with van der Waals surface area (Å²) >= 11 is 0. The van der Waals surface area contributed by atoms with E-state index >= 15 is 0 Å². The molecule has 0 atom stereocenters. The van der Waals surface area contributed by atoms with E-state index in [0.29, 0.717) is 18.5 Å². The monoisotopic (exact) mass is 328 g/mol. The standard InChI is InChI=1S/C18H24N4O2/c19-9-7-17(23)21-14-3-5-15(6-4-14)22-18(24)13-2-1-12-8-10-20-16(12)11-13/h1-2,8,10-11,14-15,20H,3-7,9,19H2,(H,21,23)(H,22,24). The van der Waals surface area contributed by atoms with Gasteiger partial charge >= 0.3 is 0 Å². The van der Waals surface area contributed by atoms with Crippen molar-refractivity contribution in [3.05, 3.63) is 36.0 Å². The molecule has 5 N–H and O–H groups in total. The number of carbonyl (C=O) groups excluding carboxylic acids is 2. The Hall–Kier alpha value is -2.34. The van der Waals surface area contributed by atoms with E-state index in [-0.39, 0.29) is 23.9 Å². The van der Waals surface area contributed by atoms with Crippen molar-refractivity contribution in [2.75, 3.05) is 6.54 Å². The van der Waals surface area contributed by atoms with Gasteiger partial charge in [0.15, 0.2) is 0 Å². The van der Waals surface area contributed by atoms with Gasteiger partial charge in [0, 0.05) is 42.3 Å². The number of hydrogen-bond donors (Lipinski definition) is 4. The fraction of sp³-hybridized carbons (Fsp3) is 0.444. The van der Waals surface area contributed by atoms with Crippen molar-refractivity contribution in [3.8, 4) is 0 Å². The van der Waals surface area contributed by atoms with Gasteiger partial charge in [-0.25, -0.2) is 0 Å². The average Bonchev–Trinajstić information content (AvgIpc) is 3.04. The van der Waals surface area contributed by atoms with Crippen LogP contribution in [-0.4, -0.2) is 35.4 Å². The molecule has 3 rings (SSSR count). The largest absolute Gasteiger partial charge is 0.361 e. The number of rotatable bonds is 5. The predicted molar refractivity (Wildman–Crippen MR) is 93.6 cm³/mol. The number of fused-ring (bicyclic) bond motifs is 1. The van der Waals surface area contributed by atoms with E-state index in [1.54, 1.807) is 0 Å². The van der Waals surface area contributed by atoms with Crippen LogP contribution in [-0.2, 0) is 4.79 Å². The number of benzene rings is 1. The zero-order valence-electron chi connectivity index (χ0n) is 13.7. The molecule has 1 aliphatic rings. The fourth-order valence-electron chi connectivity index (χ4n) is 3.27. The third-order valence-electron chi connectivity index (χ3n) is 4.62. The van der Waals surface area contributed by atoms with Crippen molar-refractivity contribution >= 4 is 22.7 Å². The second-order valence-electron chi connectivity index (χ2n) is 6.41. The van der Waals surface area contributed by atoms with Crippen LogP contribution in [0.3, 0.4) is 0 Å². The second kappa shape index (κ2) is 7.49. The maximum atomic E-state index is 12.4. The SMILES string of the molecule is NCCC(=O)NC1CCC(NC(=O)c2ccc3cc[nH]c3c2)CC1. The molecule has 1 aliphatic carbocycles. The molecule has 24 heavy (non-hydrogen) atoms. The molecule has 2 aromatic rings. The maximum Gasteiger partial charge on any atom is 0.251 e. The summed E-state index contributed by atoms with van der Waals surface area (Å²) in [7, 11) is 0. The minimum absolute atomic E-state index is 0.0178. The van der Waals surface area contributed by atoms with Gasteiger partial charge in [-0.05, 0) is 49.3 Å². The van der Waals surface area contributed by atoms with Gasteiger partial charge in [0.05, 0.1) is 0 Å². The van der Waals surface area contributed by atoms with Gasteiger partial charge in [0.25, 0.3) is 5.91 Å². The topological polar surface area (TPSA) is 100 Å². The normalized spacial score (nSPS) is 20.7. The predicted octanol–water partition coefficient (Wildman–Crippen LogP) is 1.67. The Morgan fingerprint density at radius 1 is 1.08 bits per heavy atom. The molecule has 0 saturated heterocycles. The van der Waals surface area contributed by atoms with Crippen molar-refractivity contribution in [2.24, 2.45) is 5.73 Å². The molecule has 1 heterocycles. The summed E-state index contributed by atoms with van der Waals surface area (Å²) in [5, 5.41) is 7.21. The lowest BCUT2D eigenvalue weighted by Crippen LogP contribution is -2.44. The van der Waals surface area contributed by atoms with Gasteiger partial charge in [-0.3, -0.25) is 9.59 Å². The summed E-state index contributed by atoms with van der Waals surface area (Å²) in [4.78, 5) is 27.1. The van der Waals surface area contributed by atoms with Gasteiger partial charge in [-0.2, -0.15) is 0 Å². The van der Waals surface area contributed by atoms with E-state index in [1.165, 1.54) is 0 Å². The van der Waals surface area contributed by atoms with E-state index < -0.39 is 0 Å². The van der Waals surface area contributed by atoms with E-state index in [4.69, 9.17) is 5.73 Å². The highest BCUT2D eigenvalue weighted by atomic mass is 16.2. The average molecular weight is 328 g/mol. The summed E-state index contributed by atoms with van der Waals surface area (Å²) in [6, 6.07) is 8.03. The molecule has 6 nitrogen and oxygen atoms in total. The molecule has 0 spiro atoms. The van der Waals surface area contributed by atoms with Crippen molar-refractivity contribution in [2.45, 2.75) is 44.2 Å². The summed E-state index contributed by atoms with van der Waals surface area (Å²) in [5.74, 6) is -0.0219. The number of nitrogens with one attached hydrogen (secondary N) is 3. The molecule has 0 aliphatic heterocycles. The molecule has 0 radical (unpaired) electrons. The molecular formula is C18H24N4O2. The molecule has 1 aromatic carbocycles. The van der Waals surface area contributed by atoms with Crippen LogP contribution in [0.4, 0.5) is 0 Å². The highest BCUT2D eigenvalue weighted by molar-refractivity contribution is 5.98. The van der Waals surface area contributed by atoms with Gasteiger partial charge in [-0.1, -0.05) is 6.07 Å². The van der Waals surface area contributed by atoms with Crippen LogP contribution in [0.5, 0.6) is 0 Å². The highest BCUT2D eigenvalue weighted by Gasteiger charge is 2.23. The van der Waals surface area contributed by atoms with Gasteiger partial charge in [0.2, 0.25) is 5.91 Å². The van der Waals surface area contributed by atoms with E-state index in [0.717, 1.165) is 36.6 Å². The van der Waals surface area contributed by atoms with Crippen LogP contribution in [0.25, 0.3) is 10.9 Å². The number of aromatic amines is 1. The third kappa shape index (κ3) is 3.94. The quantitative estimate of drug-likeness (QED) is 0.672. The van der Waals surface area contributed by atoms with Gasteiger partial charge in [-0.15, -0.1) is 0 Å². The Morgan fingerprint density at radius 2 is 1.79 bits per heavy atom. The fourth-order valence-corrected chi connectivity index (χ4v) is 3.27. The van der Waals surface area contributed by atoms with Crippen molar-refractivity contribution in [1.82, 2.24) is 15.6 Å². The van der Waals surface area contributed by atoms with E-state index in [9.17, 15) is 9.59 Å². The smallest absolute Gasteiger partial charge is 0.251 e. The minimum atomic E-state index is -0.0397. The highest BCUT2D eigenvalue weighted by Crippen LogP contribution is 2.20. The number of aromatic nitrogens is 1. The van der Waals surface area contributed by atoms with Crippen LogP contribution in [0.15, 0.2) is 30.5 Å². The van der Waals surface area contributed by atoms with Gasteiger partial charge in [0.1, 0.15) is 0 Å². The molecule has 1 aromatic heterocycles. The first-order chi connectivity index (χ1) is 11.7. The Balaban J connectivity index is 1.50. The lowest BCUT2D eigenvalue weighted by Gasteiger charge is -2.29. The first kappa shape index (κ1) is 16.5. The lowest BCUT2D eigenvalue weighted by molar-refractivity contribution is -0.121. The summed E-state index contributed by atoms with van der Waals surface area (Å²) in [5.41, 5.74) is 7.02. The van der Waals surface area contributed by atoms with Crippen molar-refractivity contribution in [3.63, 3.8) is 0 Å². The van der Waals surface area contributed by atoms with Crippen LogP contribution in [0, 0.1) is 0 Å². The molecule has 6 heteroatoms. The zero-order chi connectivity index (χ0) is 16.9. The summed E-state index contributed by atoms with van der Waals surface area (Å²) in [6.07, 6.45) is 5.77. The van der Waals surface area contributed by atoms with E-state index in [1.807, 2.05) is 30.5 Å². The molecule has 2 amide bonds. The van der Waals surface area contributed by atoms with Crippen LogP contribution < -0.4 is 16.4 Å². The van der Waals surface area contributed by atoms with Crippen LogP contribution in [0.2, 0.25) is 0 Å². The molecule has 1 saturated carbocycles. The minimum Gasteiger partial charge on any atom is -0.361 e. The van der Waals surface area contributed by atoms with Gasteiger partial charge < -0.3 is 21.4 Å². The second-order valence-corrected chi connectivity index (χ2v) is 6.41. The Labute approximate surface area is 141 Å². The van der Waals surface area contributed by atoms with Crippen LogP contribution in [0.1, 0.15) is 42.5 Å².